The van der Waals surface area contributed by atoms with Crippen LogP contribution in [0.4, 0.5) is 0 Å². The Hall–Kier alpha value is -1.25. The fourth-order valence-corrected chi connectivity index (χ4v) is 1.57. The van der Waals surface area contributed by atoms with Crippen LogP contribution < -0.4 is 4.74 Å². The van der Waals surface area contributed by atoms with E-state index in [4.69, 9.17) is 27.9 Å². The van der Waals surface area contributed by atoms with Crippen LogP contribution in [-0.2, 0) is 0 Å². The van der Waals surface area contributed by atoms with E-state index in [2.05, 4.69) is 4.98 Å². The van der Waals surface area contributed by atoms with Crippen LogP contribution in [0, 0.1) is 6.92 Å². The zero-order valence-electron chi connectivity index (χ0n) is 8.58. The number of nitrogens with zero attached hydrogens (tertiary/aromatic N) is 1. The summed E-state index contributed by atoms with van der Waals surface area (Å²) >= 11 is 11.5. The van der Waals surface area contributed by atoms with Gasteiger partial charge in [-0.2, -0.15) is 0 Å². The third kappa shape index (κ3) is 2.65. The van der Waals surface area contributed by atoms with Gasteiger partial charge in [-0.15, -0.1) is 0 Å². The van der Waals surface area contributed by atoms with Crippen LogP contribution in [0.15, 0.2) is 36.4 Å². The summed E-state index contributed by atoms with van der Waals surface area (Å²) in [6, 6.07) is 10.6. The summed E-state index contributed by atoms with van der Waals surface area (Å²) in [4.78, 5) is 4.10. The SMILES string of the molecule is Cc1nc(Cl)ccc1Oc1ccc(Cl)cc1. The number of aromatic nitrogens is 1. The van der Waals surface area contributed by atoms with E-state index in [1.807, 2.05) is 6.92 Å². The van der Waals surface area contributed by atoms with E-state index in [9.17, 15) is 0 Å². The number of ether oxygens (including phenoxy) is 1. The van der Waals surface area contributed by atoms with Crippen molar-refractivity contribution >= 4 is 23.2 Å². The molecule has 0 amide bonds. The van der Waals surface area contributed by atoms with Gasteiger partial charge in [0, 0.05) is 5.02 Å². The van der Waals surface area contributed by atoms with E-state index in [0.717, 1.165) is 11.4 Å². The molecule has 16 heavy (non-hydrogen) atoms. The first-order chi connectivity index (χ1) is 7.65. The molecular formula is C12H9Cl2NO. The molecule has 0 unspecified atom stereocenters. The van der Waals surface area contributed by atoms with Crippen LogP contribution in [-0.4, -0.2) is 4.98 Å². The smallest absolute Gasteiger partial charge is 0.148 e. The number of pyridine rings is 1. The molecule has 0 saturated carbocycles. The number of aryl methyl sites for hydroxylation is 1. The molecule has 0 spiro atoms. The van der Waals surface area contributed by atoms with Crippen LogP contribution in [0.1, 0.15) is 5.69 Å². The molecular weight excluding hydrogens is 245 g/mol. The Kier molecular flexibility index (Phi) is 3.32. The number of halogens is 2. The molecule has 0 N–H and O–H groups in total. The lowest BCUT2D eigenvalue weighted by Crippen LogP contribution is -1.90. The molecule has 2 nitrogen and oxygen atoms in total. The summed E-state index contributed by atoms with van der Waals surface area (Å²) in [5.74, 6) is 1.41. The van der Waals surface area contributed by atoms with Crippen LogP contribution in [0.25, 0.3) is 0 Å². The molecule has 1 aromatic heterocycles. The predicted molar refractivity (Wildman–Crippen MR) is 65.5 cm³/mol. The zero-order chi connectivity index (χ0) is 11.5. The summed E-state index contributed by atoms with van der Waals surface area (Å²) in [5, 5.41) is 1.14. The highest BCUT2D eigenvalue weighted by Gasteiger charge is 2.03. The fraction of sp³-hybridized carbons (Fsp3) is 0.0833. The van der Waals surface area contributed by atoms with E-state index < -0.39 is 0 Å². The molecule has 1 heterocycles. The lowest BCUT2D eigenvalue weighted by molar-refractivity contribution is 0.476. The third-order valence-corrected chi connectivity index (χ3v) is 2.51. The van der Waals surface area contributed by atoms with Gasteiger partial charge in [0.1, 0.15) is 16.7 Å². The van der Waals surface area contributed by atoms with Gasteiger partial charge in [-0.05, 0) is 43.3 Å². The van der Waals surface area contributed by atoms with Crippen LogP contribution in [0.3, 0.4) is 0 Å². The Labute approximate surface area is 104 Å². The average molecular weight is 254 g/mol. The molecule has 0 aliphatic carbocycles. The van der Waals surface area contributed by atoms with Crippen molar-refractivity contribution in [3.8, 4) is 11.5 Å². The zero-order valence-corrected chi connectivity index (χ0v) is 10.1. The molecule has 2 aromatic rings. The van der Waals surface area contributed by atoms with Crippen molar-refractivity contribution in [3.63, 3.8) is 0 Å². The number of hydrogen-bond acceptors (Lipinski definition) is 2. The monoisotopic (exact) mass is 253 g/mol. The van der Waals surface area contributed by atoms with Crippen LogP contribution >= 0.6 is 23.2 Å². The second-order valence-corrected chi connectivity index (χ2v) is 4.10. The molecule has 1 aromatic carbocycles. The van der Waals surface area contributed by atoms with Crippen LogP contribution in [0.5, 0.6) is 11.5 Å². The Morgan fingerprint density at radius 2 is 1.69 bits per heavy atom. The van der Waals surface area contributed by atoms with Crippen LogP contribution in [0.2, 0.25) is 10.2 Å². The van der Waals surface area contributed by atoms with Gasteiger partial charge in [0.25, 0.3) is 0 Å². The molecule has 4 heteroatoms. The van der Waals surface area contributed by atoms with Gasteiger partial charge in [-0.1, -0.05) is 23.2 Å². The van der Waals surface area contributed by atoms with E-state index in [1.54, 1.807) is 36.4 Å². The van der Waals surface area contributed by atoms with Gasteiger partial charge in [0.05, 0.1) is 5.69 Å². The van der Waals surface area contributed by atoms with Gasteiger partial charge < -0.3 is 4.74 Å². The lowest BCUT2D eigenvalue weighted by atomic mass is 10.3. The van der Waals surface area contributed by atoms with Crippen molar-refractivity contribution in [3.05, 3.63) is 52.3 Å². The average Bonchev–Trinajstić information content (AvgIpc) is 2.25. The highest BCUT2D eigenvalue weighted by atomic mass is 35.5. The normalized spacial score (nSPS) is 10.2. The first-order valence-electron chi connectivity index (χ1n) is 4.72. The summed E-state index contributed by atoms with van der Waals surface area (Å²) in [6.45, 7) is 1.84. The summed E-state index contributed by atoms with van der Waals surface area (Å²) in [6.07, 6.45) is 0. The largest absolute Gasteiger partial charge is 0.455 e. The van der Waals surface area contributed by atoms with Crippen molar-refractivity contribution in [1.29, 1.82) is 0 Å². The Bertz CT molecular complexity index is 497. The standard InChI is InChI=1S/C12H9Cl2NO/c1-8-11(6-7-12(14)15-8)16-10-4-2-9(13)3-5-10/h2-7H,1H3. The number of benzene rings is 1. The second kappa shape index (κ2) is 4.73. The van der Waals surface area contributed by atoms with Gasteiger partial charge in [0.2, 0.25) is 0 Å². The molecule has 82 valence electrons. The first kappa shape index (κ1) is 11.2. The second-order valence-electron chi connectivity index (χ2n) is 3.27. The molecule has 0 atom stereocenters. The number of rotatable bonds is 2. The summed E-state index contributed by atoms with van der Waals surface area (Å²) in [7, 11) is 0. The Balaban J connectivity index is 2.23. The van der Waals surface area contributed by atoms with E-state index in [1.165, 1.54) is 0 Å². The summed E-state index contributed by atoms with van der Waals surface area (Å²) < 4.78 is 5.64. The van der Waals surface area contributed by atoms with Crippen molar-refractivity contribution in [2.75, 3.05) is 0 Å². The van der Waals surface area contributed by atoms with Gasteiger partial charge >= 0.3 is 0 Å². The van der Waals surface area contributed by atoms with E-state index in [-0.39, 0.29) is 0 Å². The van der Waals surface area contributed by atoms with Gasteiger partial charge in [0.15, 0.2) is 0 Å². The van der Waals surface area contributed by atoms with Crippen molar-refractivity contribution in [2.45, 2.75) is 6.92 Å². The predicted octanol–water partition coefficient (Wildman–Crippen LogP) is 4.49. The minimum atomic E-state index is 0.459. The van der Waals surface area contributed by atoms with Crippen molar-refractivity contribution in [1.82, 2.24) is 4.98 Å². The number of hydrogen-bond donors (Lipinski definition) is 0. The van der Waals surface area contributed by atoms with Gasteiger partial charge in [-0.25, -0.2) is 4.98 Å². The van der Waals surface area contributed by atoms with E-state index >= 15 is 0 Å². The van der Waals surface area contributed by atoms with Crippen molar-refractivity contribution < 1.29 is 4.74 Å². The molecule has 0 bridgehead atoms. The van der Waals surface area contributed by atoms with E-state index in [0.29, 0.717) is 15.9 Å². The third-order valence-electron chi connectivity index (χ3n) is 2.04. The fourth-order valence-electron chi connectivity index (χ4n) is 1.26. The van der Waals surface area contributed by atoms with Gasteiger partial charge in [-0.3, -0.25) is 0 Å². The maximum Gasteiger partial charge on any atom is 0.148 e. The Morgan fingerprint density at radius 1 is 1.00 bits per heavy atom. The maximum absolute atomic E-state index is 5.78. The molecule has 2 rings (SSSR count). The van der Waals surface area contributed by atoms with Crippen molar-refractivity contribution in [2.24, 2.45) is 0 Å². The maximum atomic E-state index is 5.78. The molecule has 0 radical (unpaired) electrons. The lowest BCUT2D eigenvalue weighted by Gasteiger charge is -2.07. The molecule has 0 saturated heterocycles. The Morgan fingerprint density at radius 3 is 2.31 bits per heavy atom. The summed E-state index contributed by atoms with van der Waals surface area (Å²) in [5.41, 5.74) is 0.752. The minimum absolute atomic E-state index is 0.459. The topological polar surface area (TPSA) is 22.1 Å². The highest BCUT2D eigenvalue weighted by Crippen LogP contribution is 2.25. The molecule has 0 aliphatic rings. The molecule has 0 fully saturated rings. The highest BCUT2D eigenvalue weighted by molar-refractivity contribution is 6.30. The quantitative estimate of drug-likeness (QED) is 0.736. The minimum Gasteiger partial charge on any atom is -0.455 e. The first-order valence-corrected chi connectivity index (χ1v) is 5.47. The molecule has 0 aliphatic heterocycles.